The summed E-state index contributed by atoms with van der Waals surface area (Å²) in [6.45, 7) is 44.0. The van der Waals surface area contributed by atoms with Crippen LogP contribution in [0.3, 0.4) is 0 Å². The number of likely N-dealkylation sites (tertiary alicyclic amines) is 2. The number of hydrogen-bond acceptors (Lipinski definition) is 20. The van der Waals surface area contributed by atoms with Gasteiger partial charge in [0.05, 0.1) is 67.3 Å². The number of nitrogens with one attached hydrogen (secondary N) is 4. The van der Waals surface area contributed by atoms with Crippen LogP contribution < -0.4 is 30.7 Å². The fraction of sp³-hybridized carbons (Fsp3) is 0.588. The average molecular weight is 1970 g/mol. The lowest BCUT2D eigenvalue weighted by Crippen LogP contribution is -2.49. The Morgan fingerprint density at radius 2 is 0.576 bits per heavy atom. The van der Waals surface area contributed by atoms with E-state index in [1.165, 1.54) is 34.3 Å². The number of hydrogen-bond donors (Lipinski definition) is 4. The largest absolute Gasteiger partial charge is 0.495 e. The topological polar surface area (TPSA) is 257 Å². The number of sulfonamides is 2. The maximum absolute atomic E-state index is 13.8. The highest BCUT2D eigenvalue weighted by Gasteiger charge is 2.35. The molecule has 0 saturated carbocycles. The van der Waals surface area contributed by atoms with Crippen LogP contribution in [0.1, 0.15) is 205 Å². The standard InChI is InChI=1S/2C18H27ClN2O.2C17H25ClN2O3S.C16H24ClNO2.C16H24FNO2/c2*1-13(2)18(22)17(14-4-6-15(19)7-5-14)12-21-10-8-16(20-3)9-11-21;2*1-13(2)17(21)16(14-4-6-15(18)7-5-14)12-19-8-10-20(11-9-19)24(3,22)23;1-10(2)16(19)13(9-18-11(3)4)12-6-7-14(17)15(8-12)20-5;1-10(2)16(19)13(9-18-11(3)4)12-6-7-15(20-5)14(17)8-12/h2*4-7,13,16-17,20H,8-12H2,1-3H3;2*4-7,13,16H,8-12H2,1-3H3;2*6-8,10-11,13,18H,9H2,1-5H3/t2*17-;2*16-;2*13-/m101011/s1. The van der Waals surface area contributed by atoms with Gasteiger partial charge in [0.2, 0.25) is 20.0 Å². The number of carbonyl (C=O) groups is 6. The predicted octanol–water partition coefficient (Wildman–Crippen LogP) is 17.9. The Morgan fingerprint density at radius 1 is 0.341 bits per heavy atom. The number of ketones is 6. The van der Waals surface area contributed by atoms with Crippen LogP contribution in [-0.4, -0.2) is 263 Å². The van der Waals surface area contributed by atoms with Crippen molar-refractivity contribution in [2.24, 2.45) is 35.5 Å². The number of piperazine rings is 2. The molecule has 4 saturated heterocycles. The summed E-state index contributed by atoms with van der Waals surface area (Å²) >= 11 is 29.9. The van der Waals surface area contributed by atoms with Crippen LogP contribution in [0, 0.1) is 41.3 Å². The quantitative estimate of drug-likeness (QED) is 0.0281. The van der Waals surface area contributed by atoms with Gasteiger partial charge in [0, 0.05) is 171 Å². The molecule has 0 unspecified atom stereocenters. The number of nitrogens with zero attached hydrogens (tertiary/aromatic N) is 6. The van der Waals surface area contributed by atoms with Crippen molar-refractivity contribution in [3.05, 3.63) is 198 Å². The summed E-state index contributed by atoms with van der Waals surface area (Å²) in [6, 6.07) is 42.4. The second-order valence-electron chi connectivity index (χ2n) is 37.4. The molecule has 10 rings (SSSR count). The summed E-state index contributed by atoms with van der Waals surface area (Å²) < 4.78 is 73.4. The molecule has 736 valence electrons. The highest BCUT2D eigenvalue weighted by atomic mass is 35.5. The first-order valence-electron chi connectivity index (χ1n) is 46.6. The molecule has 6 aromatic rings. The number of carbonyl (C=O) groups excluding carboxylic acids is 6. The van der Waals surface area contributed by atoms with E-state index in [-0.39, 0.29) is 106 Å². The molecular formula is C102H152Cl5FN10O12S2. The minimum atomic E-state index is -3.14. The van der Waals surface area contributed by atoms with Crippen LogP contribution >= 0.6 is 58.0 Å². The van der Waals surface area contributed by atoms with E-state index in [0.29, 0.717) is 145 Å². The SMILES string of the molecule is CC(C)C(=O)[C@@H](CN1CCN(S(C)(=O)=O)CC1)c1ccc(Cl)cc1.CC(C)C(=O)[C@H](CN1CCN(S(C)(=O)=O)CC1)c1ccc(Cl)cc1.CNC1CCN(C[C@@H](C(=O)C(C)C)c2ccc(Cl)cc2)CC1.CNC1CCN(C[C@H](C(=O)C(C)C)c2ccc(Cl)cc2)CC1.COc1cc([C@@H](CNC(C)C)C(=O)C(C)C)ccc1Cl.COc1ccc([C@@H](CNC(C)C)C(=O)C(C)C)cc1F. The van der Waals surface area contributed by atoms with Gasteiger partial charge >= 0.3 is 0 Å². The maximum atomic E-state index is 13.8. The highest BCUT2D eigenvalue weighted by Crippen LogP contribution is 2.34. The van der Waals surface area contributed by atoms with E-state index in [0.717, 1.165) is 92.8 Å². The summed E-state index contributed by atoms with van der Waals surface area (Å²) in [5, 5.41) is 16.6. The van der Waals surface area contributed by atoms with Crippen molar-refractivity contribution in [1.29, 1.82) is 0 Å². The van der Waals surface area contributed by atoms with Gasteiger partial charge in [-0.3, -0.25) is 38.6 Å². The van der Waals surface area contributed by atoms with Gasteiger partial charge in [-0.05, 0) is 172 Å². The minimum absolute atomic E-state index is 0.00404. The molecule has 6 atom stereocenters. The van der Waals surface area contributed by atoms with Crippen molar-refractivity contribution in [1.82, 2.24) is 49.5 Å². The van der Waals surface area contributed by atoms with Crippen LogP contribution in [0.4, 0.5) is 4.39 Å². The van der Waals surface area contributed by atoms with Crippen molar-refractivity contribution in [3.8, 4) is 11.5 Å². The fourth-order valence-corrected chi connectivity index (χ4v) is 18.6. The molecule has 132 heavy (non-hydrogen) atoms. The lowest BCUT2D eigenvalue weighted by molar-refractivity contribution is -0.124. The fourth-order valence-electron chi connectivity index (χ4n) is 16.2. The number of benzene rings is 6. The molecule has 0 aromatic heterocycles. The first kappa shape index (κ1) is 116. The summed E-state index contributed by atoms with van der Waals surface area (Å²) in [4.78, 5) is 84.6. The predicted molar refractivity (Wildman–Crippen MR) is 541 cm³/mol. The van der Waals surface area contributed by atoms with E-state index in [2.05, 4.69) is 54.7 Å². The molecule has 30 heteroatoms. The first-order valence-corrected chi connectivity index (χ1v) is 52.2. The summed E-state index contributed by atoms with van der Waals surface area (Å²) in [7, 11) is 0.781. The smallest absolute Gasteiger partial charge is 0.211 e. The van der Waals surface area contributed by atoms with Gasteiger partial charge < -0.3 is 40.5 Å². The van der Waals surface area contributed by atoms with E-state index in [9.17, 15) is 50.0 Å². The zero-order chi connectivity index (χ0) is 98.6. The van der Waals surface area contributed by atoms with Crippen molar-refractivity contribution >= 4 is 113 Å². The third kappa shape index (κ3) is 39.4. The lowest BCUT2D eigenvalue weighted by atomic mass is 9.88. The minimum Gasteiger partial charge on any atom is -0.495 e. The van der Waals surface area contributed by atoms with E-state index in [1.54, 1.807) is 49.6 Å². The molecule has 4 fully saturated rings. The average Bonchev–Trinajstić information content (AvgIpc) is 0.881. The van der Waals surface area contributed by atoms with Crippen molar-refractivity contribution in [2.45, 2.75) is 196 Å². The van der Waals surface area contributed by atoms with Gasteiger partial charge in [-0.1, -0.05) is 229 Å². The summed E-state index contributed by atoms with van der Waals surface area (Å²) in [5.74, 6) is 0.596. The monoisotopic (exact) mass is 1970 g/mol. The molecule has 0 bridgehead atoms. The van der Waals surface area contributed by atoms with Gasteiger partial charge in [0.15, 0.2) is 11.6 Å². The van der Waals surface area contributed by atoms with Crippen molar-refractivity contribution < 1.29 is 59.5 Å². The normalized spacial score (nSPS) is 16.9. The van der Waals surface area contributed by atoms with Gasteiger partial charge in [-0.15, -0.1) is 0 Å². The molecular weight excluding hydrogens is 1820 g/mol. The molecule has 0 radical (unpaired) electrons. The molecule has 4 aliphatic rings. The Bertz CT molecular complexity index is 4520. The molecule has 0 amide bonds. The van der Waals surface area contributed by atoms with Crippen LogP contribution in [0.25, 0.3) is 0 Å². The Morgan fingerprint density at radius 3 is 0.803 bits per heavy atom. The molecule has 4 aliphatic heterocycles. The van der Waals surface area contributed by atoms with Gasteiger partial charge in [0.1, 0.15) is 40.4 Å². The number of halogens is 6. The number of piperidine rings is 2. The Kier molecular flexibility index (Phi) is 51.0. The van der Waals surface area contributed by atoms with Crippen LogP contribution in [0.15, 0.2) is 133 Å². The molecule has 0 aliphatic carbocycles. The molecule has 22 nitrogen and oxygen atoms in total. The molecule has 4 N–H and O–H groups in total. The maximum Gasteiger partial charge on any atom is 0.211 e. The van der Waals surface area contributed by atoms with Crippen LogP contribution in [0.5, 0.6) is 11.5 Å². The van der Waals surface area contributed by atoms with Gasteiger partial charge in [-0.2, -0.15) is 8.61 Å². The van der Waals surface area contributed by atoms with Gasteiger partial charge in [-0.25, -0.2) is 21.2 Å². The Labute approximate surface area is 815 Å². The molecule has 6 aromatic carbocycles. The van der Waals surface area contributed by atoms with Crippen LogP contribution in [-0.2, 0) is 48.8 Å². The number of ether oxygens (including phenoxy) is 2. The van der Waals surface area contributed by atoms with Gasteiger partial charge in [0.25, 0.3) is 0 Å². The first-order chi connectivity index (χ1) is 62.1. The van der Waals surface area contributed by atoms with E-state index < -0.39 is 25.9 Å². The van der Waals surface area contributed by atoms with Crippen LogP contribution in [0.2, 0.25) is 25.1 Å². The zero-order valence-electron chi connectivity index (χ0n) is 82.2. The molecule has 0 spiro atoms. The number of rotatable bonds is 38. The number of methoxy groups -OCH3 is 2. The second kappa shape index (κ2) is 57.9. The van der Waals surface area contributed by atoms with Crippen molar-refractivity contribution in [2.75, 3.05) is 159 Å². The lowest BCUT2D eigenvalue weighted by Gasteiger charge is -2.35. The third-order valence-corrected chi connectivity index (χ3v) is 28.5. The van der Waals surface area contributed by atoms with Crippen molar-refractivity contribution in [3.63, 3.8) is 0 Å². The molecule has 4 heterocycles. The third-order valence-electron chi connectivity index (χ3n) is 24.5. The summed E-state index contributed by atoms with van der Waals surface area (Å²) in [5.41, 5.74) is 5.72. The Balaban J connectivity index is 0.000000281. The number of Topliss-reactive ketones (excluding diaryl/α,β-unsaturated/α-hetero) is 6. The highest BCUT2D eigenvalue weighted by molar-refractivity contribution is 7.88. The van der Waals surface area contributed by atoms with E-state index in [4.69, 9.17) is 67.5 Å². The summed E-state index contributed by atoms with van der Waals surface area (Å²) in [6.07, 6.45) is 7.09. The zero-order valence-corrected chi connectivity index (χ0v) is 87.6. The second-order valence-corrected chi connectivity index (χ2v) is 43.5. The van der Waals surface area contributed by atoms with E-state index >= 15 is 0 Å². The van der Waals surface area contributed by atoms with E-state index in [1.807, 2.05) is 196 Å². The Hall–Kier alpha value is -6.18.